The highest BCUT2D eigenvalue weighted by atomic mass is 14.7. The molecule has 1 heteroatoms. The van der Waals surface area contributed by atoms with Gasteiger partial charge in [-0.15, -0.1) is 0 Å². The molecule has 0 aromatic heterocycles. The van der Waals surface area contributed by atoms with Crippen molar-refractivity contribution in [3.05, 3.63) is 34.9 Å². The molecule has 1 saturated carbocycles. The first-order valence-electron chi connectivity index (χ1n) is 5.47. The Morgan fingerprint density at radius 2 is 2.00 bits per heavy atom. The van der Waals surface area contributed by atoms with Crippen LogP contribution in [0.3, 0.4) is 0 Å². The summed E-state index contributed by atoms with van der Waals surface area (Å²) in [6.07, 6.45) is 3.65. The molecule has 0 spiro atoms. The van der Waals surface area contributed by atoms with Crippen molar-refractivity contribution in [2.75, 3.05) is 0 Å². The van der Waals surface area contributed by atoms with Crippen LogP contribution in [0.5, 0.6) is 0 Å². The van der Waals surface area contributed by atoms with Crippen molar-refractivity contribution in [2.24, 2.45) is 11.7 Å². The van der Waals surface area contributed by atoms with Crippen molar-refractivity contribution in [3.8, 4) is 0 Å². The van der Waals surface area contributed by atoms with Crippen LogP contribution in [0.2, 0.25) is 0 Å². The van der Waals surface area contributed by atoms with Crippen LogP contribution in [0.1, 0.15) is 29.5 Å². The fraction of sp³-hybridized carbons (Fsp3) is 0.538. The summed E-state index contributed by atoms with van der Waals surface area (Å²) < 4.78 is 0. The van der Waals surface area contributed by atoms with E-state index in [1.807, 2.05) is 0 Å². The zero-order chi connectivity index (χ0) is 10.1. The van der Waals surface area contributed by atoms with Gasteiger partial charge in [0, 0.05) is 6.04 Å². The number of rotatable bonds is 2. The van der Waals surface area contributed by atoms with Gasteiger partial charge in [0.25, 0.3) is 0 Å². The molecule has 1 aromatic carbocycles. The maximum absolute atomic E-state index is 5.79. The lowest BCUT2D eigenvalue weighted by Gasteiger charge is -2.32. The van der Waals surface area contributed by atoms with Crippen molar-refractivity contribution < 1.29 is 0 Å². The van der Waals surface area contributed by atoms with Gasteiger partial charge in [0.05, 0.1) is 0 Å². The average molecular weight is 189 g/mol. The molecule has 1 aromatic rings. The molecule has 0 unspecified atom stereocenters. The van der Waals surface area contributed by atoms with Crippen molar-refractivity contribution in [1.82, 2.24) is 0 Å². The quantitative estimate of drug-likeness (QED) is 0.760. The first-order valence-corrected chi connectivity index (χ1v) is 5.47. The Morgan fingerprint density at radius 3 is 2.64 bits per heavy atom. The highest BCUT2D eigenvalue weighted by Crippen LogP contribution is 2.30. The van der Waals surface area contributed by atoms with Gasteiger partial charge in [0.15, 0.2) is 0 Å². The lowest BCUT2D eigenvalue weighted by molar-refractivity contribution is 0.264. The van der Waals surface area contributed by atoms with E-state index in [9.17, 15) is 0 Å². The Morgan fingerprint density at radius 1 is 1.29 bits per heavy atom. The van der Waals surface area contributed by atoms with E-state index in [2.05, 4.69) is 32.0 Å². The molecule has 1 aliphatic rings. The van der Waals surface area contributed by atoms with Crippen molar-refractivity contribution >= 4 is 0 Å². The minimum atomic E-state index is 0.477. The maximum Gasteiger partial charge on any atom is 0.00443 e. The number of benzene rings is 1. The van der Waals surface area contributed by atoms with E-state index in [0.717, 1.165) is 5.92 Å². The fourth-order valence-electron chi connectivity index (χ4n) is 2.29. The SMILES string of the molecule is Cc1ccc(C)c(CC2CC(N)C2)c1. The van der Waals surface area contributed by atoms with E-state index < -0.39 is 0 Å². The number of nitrogens with two attached hydrogens (primary N) is 1. The second kappa shape index (κ2) is 3.74. The largest absolute Gasteiger partial charge is 0.328 e. The Bertz CT molecular complexity index is 324. The third-order valence-electron chi connectivity index (χ3n) is 3.29. The van der Waals surface area contributed by atoms with Gasteiger partial charge in [-0.2, -0.15) is 0 Å². The van der Waals surface area contributed by atoms with E-state index in [-0.39, 0.29) is 0 Å². The van der Waals surface area contributed by atoms with Gasteiger partial charge in [0.2, 0.25) is 0 Å². The predicted molar refractivity (Wildman–Crippen MR) is 60.3 cm³/mol. The number of aryl methyl sites for hydroxylation is 2. The summed E-state index contributed by atoms with van der Waals surface area (Å²) >= 11 is 0. The summed E-state index contributed by atoms with van der Waals surface area (Å²) in [6, 6.07) is 7.21. The molecule has 1 aliphatic carbocycles. The molecule has 14 heavy (non-hydrogen) atoms. The smallest absolute Gasteiger partial charge is 0.00443 e. The normalized spacial score (nSPS) is 25.9. The second-order valence-corrected chi connectivity index (χ2v) is 4.73. The average Bonchev–Trinajstić information content (AvgIpc) is 2.09. The van der Waals surface area contributed by atoms with Crippen LogP contribution in [0, 0.1) is 19.8 Å². The van der Waals surface area contributed by atoms with Crippen LogP contribution in [-0.4, -0.2) is 6.04 Å². The second-order valence-electron chi connectivity index (χ2n) is 4.73. The van der Waals surface area contributed by atoms with E-state index in [4.69, 9.17) is 5.73 Å². The molecule has 0 aliphatic heterocycles. The zero-order valence-electron chi connectivity index (χ0n) is 9.09. The molecule has 0 saturated heterocycles. The van der Waals surface area contributed by atoms with E-state index in [1.165, 1.54) is 36.0 Å². The molecule has 0 radical (unpaired) electrons. The Hall–Kier alpha value is -0.820. The van der Waals surface area contributed by atoms with E-state index in [0.29, 0.717) is 6.04 Å². The molecule has 2 N–H and O–H groups in total. The third-order valence-corrected chi connectivity index (χ3v) is 3.29. The predicted octanol–water partition coefficient (Wildman–Crippen LogP) is 2.58. The first-order chi connectivity index (χ1) is 6.65. The lowest BCUT2D eigenvalue weighted by atomic mass is 9.76. The first kappa shape index (κ1) is 9.72. The standard InChI is InChI=1S/C13H19N/c1-9-3-4-10(2)12(5-9)6-11-7-13(14)8-11/h3-5,11,13H,6-8,14H2,1-2H3. The highest BCUT2D eigenvalue weighted by molar-refractivity contribution is 5.31. The van der Waals surface area contributed by atoms with Crippen LogP contribution >= 0.6 is 0 Å². The van der Waals surface area contributed by atoms with Crippen molar-refractivity contribution in [2.45, 2.75) is 39.2 Å². The van der Waals surface area contributed by atoms with E-state index in [1.54, 1.807) is 0 Å². The molecule has 76 valence electrons. The Balaban J connectivity index is 2.05. The summed E-state index contributed by atoms with van der Waals surface area (Å²) in [7, 11) is 0. The van der Waals surface area contributed by atoms with Crippen molar-refractivity contribution in [1.29, 1.82) is 0 Å². The van der Waals surface area contributed by atoms with Gasteiger partial charge in [-0.1, -0.05) is 23.8 Å². The summed E-state index contributed by atoms with van der Waals surface area (Å²) in [4.78, 5) is 0. The Kier molecular flexibility index (Phi) is 2.60. The molecule has 0 bridgehead atoms. The lowest BCUT2D eigenvalue weighted by Crippen LogP contribution is -2.37. The maximum atomic E-state index is 5.79. The summed E-state index contributed by atoms with van der Waals surface area (Å²) in [5.41, 5.74) is 10.1. The van der Waals surface area contributed by atoms with Crippen molar-refractivity contribution in [3.63, 3.8) is 0 Å². The minimum Gasteiger partial charge on any atom is -0.328 e. The number of hydrogen-bond donors (Lipinski definition) is 1. The van der Waals surface area contributed by atoms with Gasteiger partial charge in [-0.25, -0.2) is 0 Å². The van der Waals surface area contributed by atoms with Gasteiger partial charge in [0.1, 0.15) is 0 Å². The summed E-state index contributed by atoms with van der Waals surface area (Å²) in [5, 5.41) is 0. The molecule has 1 nitrogen and oxygen atoms in total. The molecule has 0 atom stereocenters. The van der Waals surface area contributed by atoms with Crippen LogP contribution in [-0.2, 0) is 6.42 Å². The molecule has 0 amide bonds. The van der Waals surface area contributed by atoms with E-state index >= 15 is 0 Å². The monoisotopic (exact) mass is 189 g/mol. The third kappa shape index (κ3) is 1.98. The topological polar surface area (TPSA) is 26.0 Å². The van der Waals surface area contributed by atoms with Crippen LogP contribution < -0.4 is 5.73 Å². The zero-order valence-corrected chi connectivity index (χ0v) is 9.09. The van der Waals surface area contributed by atoms with Gasteiger partial charge < -0.3 is 5.73 Å². The molecule has 0 heterocycles. The molecular formula is C13H19N. The number of hydrogen-bond acceptors (Lipinski definition) is 1. The minimum absolute atomic E-state index is 0.477. The summed E-state index contributed by atoms with van der Waals surface area (Å²) in [5.74, 6) is 0.838. The Labute approximate surface area is 86.3 Å². The van der Waals surface area contributed by atoms with Crippen LogP contribution in [0.25, 0.3) is 0 Å². The summed E-state index contributed by atoms with van der Waals surface area (Å²) in [6.45, 7) is 4.36. The van der Waals surface area contributed by atoms with Crippen LogP contribution in [0.4, 0.5) is 0 Å². The van der Waals surface area contributed by atoms with Gasteiger partial charge in [-0.05, 0) is 50.2 Å². The molecule has 1 fully saturated rings. The van der Waals surface area contributed by atoms with Crippen LogP contribution in [0.15, 0.2) is 18.2 Å². The molecular weight excluding hydrogens is 170 g/mol. The van der Waals surface area contributed by atoms with Gasteiger partial charge >= 0.3 is 0 Å². The fourth-order valence-corrected chi connectivity index (χ4v) is 2.29. The molecule has 2 rings (SSSR count). The van der Waals surface area contributed by atoms with Gasteiger partial charge in [-0.3, -0.25) is 0 Å². The highest BCUT2D eigenvalue weighted by Gasteiger charge is 2.25.